The van der Waals surface area contributed by atoms with Crippen LogP contribution in [0, 0.1) is 10.1 Å². The van der Waals surface area contributed by atoms with E-state index < -0.39 is 10.8 Å². The summed E-state index contributed by atoms with van der Waals surface area (Å²) in [7, 11) is 0. The quantitative estimate of drug-likeness (QED) is 0.563. The molecule has 0 bridgehead atoms. The average molecular weight is 292 g/mol. The van der Waals surface area contributed by atoms with Crippen LogP contribution in [0.4, 0.5) is 11.7 Å². The number of carbonyl (C=O) groups excluding carboxylic acids is 1. The highest BCUT2D eigenvalue weighted by atomic mass is 16.6. The van der Waals surface area contributed by atoms with E-state index in [4.69, 9.17) is 4.42 Å². The zero-order valence-electron chi connectivity index (χ0n) is 10.8. The first kappa shape index (κ1) is 13.2. The zero-order chi connectivity index (χ0) is 14.8. The number of carbonyl (C=O) groups is 1. The summed E-state index contributed by atoms with van der Waals surface area (Å²) in [5, 5.41) is 23.7. The number of anilines is 1. The third-order valence-electron chi connectivity index (χ3n) is 3.14. The van der Waals surface area contributed by atoms with Gasteiger partial charge < -0.3 is 14.7 Å². The molecule has 3 N–H and O–H groups in total. The highest BCUT2D eigenvalue weighted by molar-refractivity contribution is 6.02. The number of nitrogens with zero attached hydrogens (tertiary/aromatic N) is 3. The average Bonchev–Trinajstić information content (AvgIpc) is 3.19. The smallest absolute Gasteiger partial charge is 0.322 e. The fraction of sp³-hybridized carbons (Fsp3) is 0.364. The molecule has 0 saturated carbocycles. The van der Waals surface area contributed by atoms with Crippen LogP contribution in [-0.2, 0) is 0 Å². The summed E-state index contributed by atoms with van der Waals surface area (Å²) < 4.78 is 5.35. The summed E-state index contributed by atoms with van der Waals surface area (Å²) in [5.74, 6) is -0.169. The molecule has 1 aliphatic rings. The summed E-state index contributed by atoms with van der Waals surface area (Å²) in [6.45, 7) is 0.890. The highest BCUT2D eigenvalue weighted by Gasteiger charge is 2.23. The van der Waals surface area contributed by atoms with Gasteiger partial charge in [-0.2, -0.15) is 0 Å². The fourth-order valence-electron chi connectivity index (χ4n) is 2.11. The zero-order valence-corrected chi connectivity index (χ0v) is 10.8. The van der Waals surface area contributed by atoms with E-state index >= 15 is 0 Å². The van der Waals surface area contributed by atoms with Crippen LogP contribution in [0.2, 0.25) is 0 Å². The Morgan fingerprint density at radius 3 is 3.05 bits per heavy atom. The van der Waals surface area contributed by atoms with Gasteiger partial charge in [0, 0.05) is 6.07 Å². The lowest BCUT2D eigenvalue weighted by atomic mass is 10.2. The van der Waals surface area contributed by atoms with Gasteiger partial charge in [0.2, 0.25) is 5.89 Å². The Morgan fingerprint density at radius 2 is 2.38 bits per heavy atom. The van der Waals surface area contributed by atoms with Gasteiger partial charge >= 0.3 is 6.01 Å². The molecule has 1 atom stereocenters. The van der Waals surface area contributed by atoms with E-state index in [9.17, 15) is 14.9 Å². The van der Waals surface area contributed by atoms with E-state index in [1.54, 1.807) is 0 Å². The number of nitro groups is 1. The van der Waals surface area contributed by atoms with Gasteiger partial charge in [-0.15, -0.1) is 5.10 Å². The molecule has 3 rings (SSSR count). The maximum absolute atomic E-state index is 11.9. The first-order chi connectivity index (χ1) is 10.1. The van der Waals surface area contributed by atoms with Crippen LogP contribution in [-0.4, -0.2) is 32.6 Å². The first-order valence-electron chi connectivity index (χ1n) is 6.34. The molecule has 1 amide bonds. The Balaban J connectivity index is 1.67. The van der Waals surface area contributed by atoms with Gasteiger partial charge in [0.1, 0.15) is 5.69 Å². The van der Waals surface area contributed by atoms with E-state index in [-0.39, 0.29) is 23.4 Å². The molecule has 21 heavy (non-hydrogen) atoms. The molecule has 0 radical (unpaired) electrons. The van der Waals surface area contributed by atoms with Gasteiger partial charge in [-0.1, -0.05) is 5.10 Å². The summed E-state index contributed by atoms with van der Waals surface area (Å²) >= 11 is 0. The fourth-order valence-corrected chi connectivity index (χ4v) is 2.11. The number of H-pyrrole nitrogens is 1. The Kier molecular flexibility index (Phi) is 3.36. The molecule has 1 aliphatic heterocycles. The van der Waals surface area contributed by atoms with Gasteiger partial charge in [-0.25, -0.2) is 0 Å². The van der Waals surface area contributed by atoms with Crippen molar-refractivity contribution >= 4 is 17.6 Å². The molecule has 1 unspecified atom stereocenters. The summed E-state index contributed by atoms with van der Waals surface area (Å²) in [5.41, 5.74) is -0.151. The summed E-state index contributed by atoms with van der Waals surface area (Å²) in [6, 6.07) is 1.10. The molecule has 2 aromatic heterocycles. The molecule has 1 saturated heterocycles. The monoisotopic (exact) mass is 292 g/mol. The van der Waals surface area contributed by atoms with Gasteiger partial charge in [-0.05, 0) is 19.4 Å². The number of hydrogen-bond donors (Lipinski definition) is 3. The van der Waals surface area contributed by atoms with Gasteiger partial charge in [0.15, 0.2) is 0 Å². The minimum absolute atomic E-state index is 0.00901. The predicted octanol–water partition coefficient (Wildman–Crippen LogP) is 0.983. The standard InChI is InChI=1S/C11H12N6O4/c18-9(8-4-6(5-13-8)17(19)20)14-11-16-15-10(21-11)7-2-1-3-12-7/h4-5,7,12-13H,1-3H2,(H,14,16,18). The number of rotatable bonds is 4. The van der Waals surface area contributed by atoms with Crippen molar-refractivity contribution in [3.8, 4) is 0 Å². The van der Waals surface area contributed by atoms with Crippen LogP contribution < -0.4 is 10.6 Å². The Labute approximate surface area is 118 Å². The first-order valence-corrected chi connectivity index (χ1v) is 6.34. The molecular weight excluding hydrogens is 280 g/mol. The van der Waals surface area contributed by atoms with E-state index in [0.717, 1.165) is 31.6 Å². The van der Waals surface area contributed by atoms with Crippen LogP contribution in [0.15, 0.2) is 16.7 Å². The van der Waals surface area contributed by atoms with Crippen LogP contribution in [0.1, 0.15) is 35.3 Å². The third kappa shape index (κ3) is 2.74. The van der Waals surface area contributed by atoms with E-state index in [0.29, 0.717) is 5.89 Å². The minimum atomic E-state index is -0.593. The van der Waals surface area contributed by atoms with Gasteiger partial charge in [-0.3, -0.25) is 20.2 Å². The molecule has 10 nitrogen and oxygen atoms in total. The Bertz CT molecular complexity index is 672. The number of amides is 1. The Morgan fingerprint density at radius 1 is 1.52 bits per heavy atom. The third-order valence-corrected chi connectivity index (χ3v) is 3.14. The minimum Gasteiger partial charge on any atom is -0.406 e. The van der Waals surface area contributed by atoms with Gasteiger partial charge in [0.25, 0.3) is 11.6 Å². The number of aromatic nitrogens is 3. The molecule has 2 aromatic rings. The summed E-state index contributed by atoms with van der Waals surface area (Å²) in [4.78, 5) is 24.3. The molecule has 0 aliphatic carbocycles. The van der Waals surface area contributed by atoms with Crippen molar-refractivity contribution in [2.75, 3.05) is 11.9 Å². The molecule has 3 heterocycles. The van der Waals surface area contributed by atoms with E-state index in [2.05, 4.69) is 25.8 Å². The number of nitrogens with one attached hydrogen (secondary N) is 3. The highest BCUT2D eigenvalue weighted by Crippen LogP contribution is 2.23. The number of aromatic amines is 1. The SMILES string of the molecule is O=C(Nc1nnc(C2CCCN2)o1)c1cc([N+](=O)[O-])c[nH]1. The summed E-state index contributed by atoms with van der Waals surface area (Å²) in [6.07, 6.45) is 3.07. The molecule has 110 valence electrons. The molecule has 1 fully saturated rings. The second-order valence-electron chi connectivity index (χ2n) is 4.58. The molecule has 0 spiro atoms. The van der Waals surface area contributed by atoms with Crippen LogP contribution >= 0.6 is 0 Å². The number of hydrogen-bond acceptors (Lipinski definition) is 7. The van der Waals surface area contributed by atoms with Crippen molar-refractivity contribution < 1.29 is 14.1 Å². The van der Waals surface area contributed by atoms with E-state index in [1.807, 2.05) is 0 Å². The largest absolute Gasteiger partial charge is 0.406 e. The topological polar surface area (TPSA) is 139 Å². The maximum atomic E-state index is 11.9. The van der Waals surface area contributed by atoms with Crippen LogP contribution in [0.3, 0.4) is 0 Å². The lowest BCUT2D eigenvalue weighted by Gasteiger charge is -2.02. The van der Waals surface area contributed by atoms with Crippen molar-refractivity contribution in [2.24, 2.45) is 0 Å². The van der Waals surface area contributed by atoms with Crippen molar-refractivity contribution in [3.05, 3.63) is 34.0 Å². The Hall–Kier alpha value is -2.75. The van der Waals surface area contributed by atoms with Crippen molar-refractivity contribution in [1.82, 2.24) is 20.5 Å². The maximum Gasteiger partial charge on any atom is 0.322 e. The van der Waals surface area contributed by atoms with Crippen molar-refractivity contribution in [2.45, 2.75) is 18.9 Å². The lowest BCUT2D eigenvalue weighted by molar-refractivity contribution is -0.384. The second-order valence-corrected chi connectivity index (χ2v) is 4.58. The van der Waals surface area contributed by atoms with Crippen LogP contribution in [0.25, 0.3) is 0 Å². The van der Waals surface area contributed by atoms with Crippen molar-refractivity contribution in [3.63, 3.8) is 0 Å². The van der Waals surface area contributed by atoms with E-state index in [1.165, 1.54) is 0 Å². The molecule has 0 aromatic carbocycles. The van der Waals surface area contributed by atoms with Crippen LogP contribution in [0.5, 0.6) is 0 Å². The molecule has 10 heteroatoms. The molecular formula is C11H12N6O4. The van der Waals surface area contributed by atoms with Gasteiger partial charge in [0.05, 0.1) is 17.2 Å². The lowest BCUT2D eigenvalue weighted by Crippen LogP contribution is -2.13. The normalized spacial score (nSPS) is 17.8. The predicted molar refractivity (Wildman–Crippen MR) is 69.7 cm³/mol. The van der Waals surface area contributed by atoms with Crippen molar-refractivity contribution in [1.29, 1.82) is 0 Å². The second kappa shape index (κ2) is 5.32.